The number of hydrogen-bond acceptors (Lipinski definition) is 2. The predicted octanol–water partition coefficient (Wildman–Crippen LogP) is 2.12. The average molecular weight is 198 g/mol. The summed E-state index contributed by atoms with van der Waals surface area (Å²) in [6.07, 6.45) is 4.98. The van der Waals surface area contributed by atoms with E-state index < -0.39 is 0 Å². The van der Waals surface area contributed by atoms with Crippen LogP contribution in [0, 0.1) is 11.3 Å². The number of ether oxygens (including phenoxy) is 1. The molecule has 0 aromatic carbocycles. The van der Waals surface area contributed by atoms with Gasteiger partial charge >= 0.3 is 0 Å². The van der Waals surface area contributed by atoms with E-state index in [2.05, 4.69) is 11.8 Å². The van der Waals surface area contributed by atoms with Gasteiger partial charge in [-0.15, -0.1) is 0 Å². The zero-order valence-electron chi connectivity index (χ0n) is 9.55. The first kappa shape index (κ1) is 11.5. The van der Waals surface area contributed by atoms with Gasteiger partial charge in [0, 0.05) is 20.1 Å². The number of nitrogens with one attached hydrogen (secondary N) is 1. The standard InChI is InChI=1S/C11H22N2O/c1-9(8-14-3)13(2)11(12)10-6-4-5-7-10/h9-10,12H,4-8H2,1-3H3. The van der Waals surface area contributed by atoms with Crippen molar-refractivity contribution in [2.24, 2.45) is 5.92 Å². The Kier molecular flexibility index (Phi) is 4.39. The zero-order valence-corrected chi connectivity index (χ0v) is 9.55. The molecular weight excluding hydrogens is 176 g/mol. The van der Waals surface area contributed by atoms with Gasteiger partial charge in [0.15, 0.2) is 0 Å². The van der Waals surface area contributed by atoms with E-state index in [0.717, 1.165) is 5.84 Å². The van der Waals surface area contributed by atoms with Crippen molar-refractivity contribution in [3.05, 3.63) is 0 Å². The number of likely N-dealkylation sites (N-methyl/N-ethyl adjacent to an activating group) is 1. The highest BCUT2D eigenvalue weighted by Gasteiger charge is 2.24. The average Bonchev–Trinajstić information content (AvgIpc) is 2.68. The number of nitrogens with zero attached hydrogens (tertiary/aromatic N) is 1. The summed E-state index contributed by atoms with van der Waals surface area (Å²) in [5.41, 5.74) is 0. The fourth-order valence-electron chi connectivity index (χ4n) is 2.08. The molecule has 0 aliphatic heterocycles. The van der Waals surface area contributed by atoms with Crippen LogP contribution in [0.4, 0.5) is 0 Å². The fourth-order valence-corrected chi connectivity index (χ4v) is 2.08. The molecule has 3 nitrogen and oxygen atoms in total. The van der Waals surface area contributed by atoms with Crippen molar-refractivity contribution in [3.8, 4) is 0 Å². The summed E-state index contributed by atoms with van der Waals surface area (Å²) in [4.78, 5) is 2.06. The Labute approximate surface area is 86.9 Å². The van der Waals surface area contributed by atoms with Crippen molar-refractivity contribution >= 4 is 5.84 Å². The van der Waals surface area contributed by atoms with E-state index in [1.807, 2.05) is 7.05 Å². The summed E-state index contributed by atoms with van der Waals surface area (Å²) < 4.78 is 5.10. The Morgan fingerprint density at radius 3 is 2.57 bits per heavy atom. The van der Waals surface area contributed by atoms with Gasteiger partial charge in [-0.05, 0) is 19.8 Å². The highest BCUT2D eigenvalue weighted by molar-refractivity contribution is 5.81. The van der Waals surface area contributed by atoms with Gasteiger partial charge < -0.3 is 9.64 Å². The second kappa shape index (κ2) is 5.35. The van der Waals surface area contributed by atoms with Crippen LogP contribution in [0.3, 0.4) is 0 Å². The van der Waals surface area contributed by atoms with Crippen LogP contribution in [-0.4, -0.2) is 37.5 Å². The second-order valence-corrected chi connectivity index (χ2v) is 4.28. The summed E-state index contributed by atoms with van der Waals surface area (Å²) in [5, 5.41) is 8.07. The number of methoxy groups -OCH3 is 1. The quantitative estimate of drug-likeness (QED) is 0.555. The van der Waals surface area contributed by atoms with Gasteiger partial charge in [0.2, 0.25) is 0 Å². The molecule has 0 aromatic rings. The van der Waals surface area contributed by atoms with Crippen LogP contribution in [0.2, 0.25) is 0 Å². The third-order valence-corrected chi connectivity index (χ3v) is 3.19. The van der Waals surface area contributed by atoms with E-state index in [4.69, 9.17) is 10.1 Å². The van der Waals surface area contributed by atoms with E-state index in [1.54, 1.807) is 7.11 Å². The summed E-state index contributed by atoms with van der Waals surface area (Å²) in [7, 11) is 3.72. The summed E-state index contributed by atoms with van der Waals surface area (Å²) in [6.45, 7) is 2.80. The van der Waals surface area contributed by atoms with Crippen LogP contribution in [0.5, 0.6) is 0 Å². The van der Waals surface area contributed by atoms with E-state index in [0.29, 0.717) is 18.6 Å². The largest absolute Gasteiger partial charge is 0.383 e. The van der Waals surface area contributed by atoms with Crippen LogP contribution in [-0.2, 0) is 4.74 Å². The number of hydrogen-bond donors (Lipinski definition) is 1. The maximum atomic E-state index is 8.07. The normalized spacial score (nSPS) is 19.6. The van der Waals surface area contributed by atoms with Gasteiger partial charge in [-0.2, -0.15) is 0 Å². The van der Waals surface area contributed by atoms with Crippen molar-refractivity contribution in [1.29, 1.82) is 5.41 Å². The van der Waals surface area contributed by atoms with Crippen molar-refractivity contribution in [2.45, 2.75) is 38.6 Å². The van der Waals surface area contributed by atoms with Crippen molar-refractivity contribution in [3.63, 3.8) is 0 Å². The molecule has 0 amide bonds. The van der Waals surface area contributed by atoms with Crippen LogP contribution in [0.25, 0.3) is 0 Å². The minimum atomic E-state index is 0.313. The molecule has 0 saturated heterocycles. The van der Waals surface area contributed by atoms with E-state index in [9.17, 15) is 0 Å². The lowest BCUT2D eigenvalue weighted by Crippen LogP contribution is -2.40. The van der Waals surface area contributed by atoms with Gasteiger partial charge in [-0.25, -0.2) is 0 Å². The Hall–Kier alpha value is -0.570. The third-order valence-electron chi connectivity index (χ3n) is 3.19. The lowest BCUT2D eigenvalue weighted by molar-refractivity contribution is 0.143. The smallest absolute Gasteiger partial charge is 0.0990 e. The van der Waals surface area contributed by atoms with Gasteiger partial charge in [-0.3, -0.25) is 5.41 Å². The molecule has 1 saturated carbocycles. The Morgan fingerprint density at radius 2 is 2.07 bits per heavy atom. The Balaban J connectivity index is 2.42. The van der Waals surface area contributed by atoms with Gasteiger partial charge in [0.05, 0.1) is 18.5 Å². The predicted molar refractivity (Wildman–Crippen MR) is 58.8 cm³/mol. The van der Waals surface area contributed by atoms with Crippen LogP contribution >= 0.6 is 0 Å². The number of rotatable bonds is 4. The molecule has 1 N–H and O–H groups in total. The lowest BCUT2D eigenvalue weighted by Gasteiger charge is -2.29. The minimum absolute atomic E-state index is 0.313. The molecule has 1 atom stereocenters. The van der Waals surface area contributed by atoms with Crippen LogP contribution in [0.15, 0.2) is 0 Å². The van der Waals surface area contributed by atoms with E-state index >= 15 is 0 Å². The zero-order chi connectivity index (χ0) is 10.6. The SMILES string of the molecule is COCC(C)N(C)C(=N)C1CCCC1. The topological polar surface area (TPSA) is 36.3 Å². The second-order valence-electron chi connectivity index (χ2n) is 4.28. The molecule has 1 aliphatic carbocycles. The summed E-state index contributed by atoms with van der Waals surface area (Å²) in [6, 6.07) is 0.313. The maximum Gasteiger partial charge on any atom is 0.0990 e. The van der Waals surface area contributed by atoms with Crippen molar-refractivity contribution in [2.75, 3.05) is 20.8 Å². The Morgan fingerprint density at radius 1 is 1.50 bits per heavy atom. The molecule has 3 heteroatoms. The van der Waals surface area contributed by atoms with Crippen LogP contribution < -0.4 is 0 Å². The van der Waals surface area contributed by atoms with Gasteiger partial charge in [0.1, 0.15) is 0 Å². The molecule has 0 radical (unpaired) electrons. The van der Waals surface area contributed by atoms with E-state index in [-0.39, 0.29) is 0 Å². The highest BCUT2D eigenvalue weighted by atomic mass is 16.5. The maximum absolute atomic E-state index is 8.07. The molecule has 1 unspecified atom stereocenters. The first-order chi connectivity index (χ1) is 6.66. The van der Waals surface area contributed by atoms with Gasteiger partial charge in [0.25, 0.3) is 0 Å². The molecular formula is C11H22N2O. The lowest BCUT2D eigenvalue weighted by atomic mass is 10.1. The molecule has 1 aliphatic rings. The first-order valence-corrected chi connectivity index (χ1v) is 5.47. The first-order valence-electron chi connectivity index (χ1n) is 5.47. The summed E-state index contributed by atoms with van der Waals surface area (Å²) in [5.74, 6) is 1.30. The molecule has 0 aromatic heterocycles. The minimum Gasteiger partial charge on any atom is -0.383 e. The molecule has 1 rings (SSSR count). The molecule has 1 fully saturated rings. The van der Waals surface area contributed by atoms with Crippen molar-refractivity contribution < 1.29 is 4.74 Å². The fraction of sp³-hybridized carbons (Fsp3) is 0.909. The van der Waals surface area contributed by atoms with Gasteiger partial charge in [-0.1, -0.05) is 12.8 Å². The Bertz CT molecular complexity index is 188. The molecule has 82 valence electrons. The van der Waals surface area contributed by atoms with E-state index in [1.165, 1.54) is 25.7 Å². The number of amidine groups is 1. The molecule has 14 heavy (non-hydrogen) atoms. The monoisotopic (exact) mass is 198 g/mol. The summed E-state index contributed by atoms with van der Waals surface area (Å²) >= 11 is 0. The third kappa shape index (κ3) is 2.71. The van der Waals surface area contributed by atoms with Crippen molar-refractivity contribution in [1.82, 2.24) is 4.90 Å². The molecule has 0 bridgehead atoms. The highest BCUT2D eigenvalue weighted by Crippen LogP contribution is 2.26. The van der Waals surface area contributed by atoms with Crippen LogP contribution in [0.1, 0.15) is 32.6 Å². The molecule has 0 heterocycles. The molecule has 0 spiro atoms.